The number of hydrogen-bond acceptors (Lipinski definition) is 6. The molecule has 7 nitrogen and oxygen atoms in total. The van der Waals surface area contributed by atoms with Crippen LogP contribution in [0.1, 0.15) is 12.7 Å². The van der Waals surface area contributed by atoms with E-state index in [1.165, 1.54) is 0 Å². The lowest BCUT2D eigenvalue weighted by molar-refractivity contribution is -0.123. The van der Waals surface area contributed by atoms with E-state index in [-0.39, 0.29) is 18.6 Å². The molecule has 4 rings (SSSR count). The van der Waals surface area contributed by atoms with E-state index in [1.807, 2.05) is 25.1 Å². The van der Waals surface area contributed by atoms with Crippen LogP contribution in [0.25, 0.3) is 22.1 Å². The molecule has 2 aromatic carbocycles. The van der Waals surface area contributed by atoms with Crippen molar-refractivity contribution in [3.63, 3.8) is 0 Å². The van der Waals surface area contributed by atoms with Gasteiger partial charge in [-0.05, 0) is 61.0 Å². The first-order chi connectivity index (χ1) is 15.5. The van der Waals surface area contributed by atoms with Gasteiger partial charge in [-0.25, -0.2) is 4.79 Å². The summed E-state index contributed by atoms with van der Waals surface area (Å²) in [6, 6.07) is 17.6. The van der Waals surface area contributed by atoms with E-state index < -0.39 is 5.63 Å². The van der Waals surface area contributed by atoms with Crippen molar-refractivity contribution in [2.75, 3.05) is 13.7 Å². The Hall–Kier alpha value is -4.00. The summed E-state index contributed by atoms with van der Waals surface area (Å²) in [5, 5.41) is 3.64. The highest BCUT2D eigenvalue weighted by Gasteiger charge is 2.12. The Labute approximate surface area is 184 Å². The van der Waals surface area contributed by atoms with E-state index in [0.717, 1.165) is 11.1 Å². The number of benzene rings is 2. The Morgan fingerprint density at radius 1 is 1.06 bits per heavy atom. The molecule has 0 saturated carbocycles. The molecule has 2 heterocycles. The van der Waals surface area contributed by atoms with Gasteiger partial charge in [0.15, 0.2) is 6.61 Å². The van der Waals surface area contributed by atoms with Gasteiger partial charge in [0.25, 0.3) is 5.91 Å². The molecule has 7 heteroatoms. The van der Waals surface area contributed by atoms with Gasteiger partial charge in [0.2, 0.25) is 0 Å². The minimum absolute atomic E-state index is 0.0784. The van der Waals surface area contributed by atoms with Gasteiger partial charge in [-0.2, -0.15) is 0 Å². The summed E-state index contributed by atoms with van der Waals surface area (Å²) < 4.78 is 21.5. The zero-order chi connectivity index (χ0) is 22.5. The quantitative estimate of drug-likeness (QED) is 0.419. The summed E-state index contributed by atoms with van der Waals surface area (Å²) in [7, 11) is 1.58. The lowest BCUT2D eigenvalue weighted by atomic mass is 10.1. The molecule has 2 aromatic heterocycles. The first kappa shape index (κ1) is 21.2. The largest absolute Gasteiger partial charge is 0.497 e. The summed E-state index contributed by atoms with van der Waals surface area (Å²) in [5.41, 5.74) is 1.18. The lowest BCUT2D eigenvalue weighted by Gasteiger charge is -2.13. The maximum absolute atomic E-state index is 12.4. The third-order valence-electron chi connectivity index (χ3n) is 4.97. The standard InChI is InChI=1S/C25H23NO6/c1-16(12-21-4-3-11-30-21)26-24(27)15-31-19-7-5-17(6-8-19)22-14-18-13-20(29-2)9-10-23(18)32-25(22)28/h3-11,13-14,16H,12,15H2,1-2H3,(H,26,27)/t16-/m1/s1. The molecule has 0 radical (unpaired) electrons. The summed E-state index contributed by atoms with van der Waals surface area (Å²) >= 11 is 0. The summed E-state index contributed by atoms with van der Waals surface area (Å²) in [6.45, 7) is 1.79. The minimum atomic E-state index is -0.429. The number of ether oxygens (including phenoxy) is 2. The molecule has 0 aliphatic rings. The molecular formula is C25H23NO6. The van der Waals surface area contributed by atoms with E-state index in [4.69, 9.17) is 18.3 Å². The fraction of sp³-hybridized carbons (Fsp3) is 0.200. The highest BCUT2D eigenvalue weighted by atomic mass is 16.5. The molecule has 0 unspecified atom stereocenters. The zero-order valence-electron chi connectivity index (χ0n) is 17.8. The monoisotopic (exact) mass is 433 g/mol. The van der Waals surface area contributed by atoms with Gasteiger partial charge in [0, 0.05) is 17.8 Å². The van der Waals surface area contributed by atoms with Gasteiger partial charge < -0.3 is 23.6 Å². The molecular weight excluding hydrogens is 410 g/mol. The predicted molar refractivity (Wildman–Crippen MR) is 120 cm³/mol. The fourth-order valence-corrected chi connectivity index (χ4v) is 3.41. The number of fused-ring (bicyclic) bond motifs is 1. The Morgan fingerprint density at radius 3 is 2.56 bits per heavy atom. The molecule has 0 aliphatic heterocycles. The molecule has 1 N–H and O–H groups in total. The van der Waals surface area contributed by atoms with Gasteiger partial charge >= 0.3 is 5.63 Å². The van der Waals surface area contributed by atoms with Crippen molar-refractivity contribution in [2.24, 2.45) is 0 Å². The number of amides is 1. The smallest absolute Gasteiger partial charge is 0.344 e. The Bertz CT molecular complexity index is 1260. The molecule has 0 fully saturated rings. The molecule has 32 heavy (non-hydrogen) atoms. The van der Waals surface area contributed by atoms with E-state index in [1.54, 1.807) is 55.8 Å². The molecule has 1 atom stereocenters. The second-order valence-corrected chi connectivity index (χ2v) is 7.42. The highest BCUT2D eigenvalue weighted by molar-refractivity contribution is 5.83. The van der Waals surface area contributed by atoms with Crippen molar-refractivity contribution in [1.82, 2.24) is 5.32 Å². The second kappa shape index (κ2) is 9.43. The van der Waals surface area contributed by atoms with Crippen molar-refractivity contribution in [3.05, 3.63) is 83.1 Å². The Balaban J connectivity index is 1.39. The van der Waals surface area contributed by atoms with Crippen molar-refractivity contribution < 1.29 is 23.1 Å². The molecule has 0 aliphatic carbocycles. The maximum Gasteiger partial charge on any atom is 0.344 e. The highest BCUT2D eigenvalue weighted by Crippen LogP contribution is 2.25. The lowest BCUT2D eigenvalue weighted by Crippen LogP contribution is -2.37. The Kier molecular flexibility index (Phi) is 6.26. The van der Waals surface area contributed by atoms with E-state index in [9.17, 15) is 9.59 Å². The normalized spacial score (nSPS) is 11.8. The zero-order valence-corrected chi connectivity index (χ0v) is 17.8. The number of carbonyl (C=O) groups is 1. The van der Waals surface area contributed by atoms with Crippen molar-refractivity contribution >= 4 is 16.9 Å². The average molecular weight is 433 g/mol. The van der Waals surface area contributed by atoms with Crippen LogP contribution in [0.15, 0.2) is 80.6 Å². The van der Waals surface area contributed by atoms with Gasteiger partial charge in [-0.1, -0.05) is 12.1 Å². The van der Waals surface area contributed by atoms with Crippen LogP contribution in [0.3, 0.4) is 0 Å². The van der Waals surface area contributed by atoms with Crippen LogP contribution in [0.5, 0.6) is 11.5 Å². The predicted octanol–water partition coefficient (Wildman–Crippen LogP) is 4.19. The minimum Gasteiger partial charge on any atom is -0.497 e. The summed E-state index contributed by atoms with van der Waals surface area (Å²) in [5.74, 6) is 1.79. The number of rotatable bonds is 8. The van der Waals surface area contributed by atoms with Crippen LogP contribution in [0, 0.1) is 0 Å². The van der Waals surface area contributed by atoms with Crippen LogP contribution in [-0.4, -0.2) is 25.7 Å². The van der Waals surface area contributed by atoms with E-state index in [2.05, 4.69) is 5.32 Å². The van der Waals surface area contributed by atoms with Gasteiger partial charge in [-0.15, -0.1) is 0 Å². The Morgan fingerprint density at radius 2 is 1.84 bits per heavy atom. The third-order valence-corrected chi connectivity index (χ3v) is 4.97. The van der Waals surface area contributed by atoms with Gasteiger partial charge in [0.1, 0.15) is 22.8 Å². The number of furan rings is 1. The molecule has 0 bridgehead atoms. The van der Waals surface area contributed by atoms with Crippen molar-refractivity contribution in [1.29, 1.82) is 0 Å². The van der Waals surface area contributed by atoms with Crippen molar-refractivity contribution in [3.8, 4) is 22.6 Å². The van der Waals surface area contributed by atoms with Crippen LogP contribution in [0.2, 0.25) is 0 Å². The number of hydrogen-bond donors (Lipinski definition) is 1. The number of nitrogens with one attached hydrogen (secondary N) is 1. The topological polar surface area (TPSA) is 90.9 Å². The van der Waals surface area contributed by atoms with Crippen LogP contribution in [-0.2, 0) is 11.2 Å². The second-order valence-electron chi connectivity index (χ2n) is 7.42. The average Bonchev–Trinajstić information content (AvgIpc) is 3.30. The SMILES string of the molecule is COc1ccc2oc(=O)c(-c3ccc(OCC(=O)N[C@H](C)Cc4ccco4)cc3)cc2c1. The van der Waals surface area contributed by atoms with Crippen molar-refractivity contribution in [2.45, 2.75) is 19.4 Å². The van der Waals surface area contributed by atoms with Gasteiger partial charge in [0.05, 0.1) is 18.9 Å². The van der Waals surface area contributed by atoms with Crippen LogP contribution < -0.4 is 20.4 Å². The van der Waals surface area contributed by atoms with Crippen LogP contribution >= 0.6 is 0 Å². The maximum atomic E-state index is 12.4. The molecule has 4 aromatic rings. The number of methoxy groups -OCH3 is 1. The summed E-state index contributed by atoms with van der Waals surface area (Å²) in [6.07, 6.45) is 2.21. The first-order valence-electron chi connectivity index (χ1n) is 10.2. The van der Waals surface area contributed by atoms with E-state index >= 15 is 0 Å². The molecule has 1 amide bonds. The van der Waals surface area contributed by atoms with Gasteiger partial charge in [-0.3, -0.25) is 4.79 Å². The van der Waals surface area contributed by atoms with E-state index in [0.29, 0.717) is 34.6 Å². The first-order valence-corrected chi connectivity index (χ1v) is 10.2. The molecule has 164 valence electrons. The molecule has 0 saturated heterocycles. The number of carbonyl (C=O) groups excluding carboxylic acids is 1. The van der Waals surface area contributed by atoms with Crippen LogP contribution in [0.4, 0.5) is 0 Å². The third kappa shape index (κ3) is 5.00. The summed E-state index contributed by atoms with van der Waals surface area (Å²) in [4.78, 5) is 24.6. The molecule has 0 spiro atoms. The fourth-order valence-electron chi connectivity index (χ4n) is 3.41.